The summed E-state index contributed by atoms with van der Waals surface area (Å²) in [6.45, 7) is 5.89. The van der Waals surface area contributed by atoms with E-state index in [0.29, 0.717) is 11.5 Å². The number of nitrogens with zero attached hydrogens (tertiary/aromatic N) is 1. The molecule has 0 radical (unpaired) electrons. The standard InChI is InChI=1S/C23H21NO3S2/c1-4-5-9-21(20-10-7-6-8-18(20)3)22-15-16-28-23(22)24-27-29(25,26)19-13-11-17(2)12-14-19/h6-8,10-16H,4H2,1-3H3. The second-order valence-electron chi connectivity index (χ2n) is 6.42. The molecule has 0 aromatic heterocycles. The van der Waals surface area contributed by atoms with Crippen molar-refractivity contribution in [2.24, 2.45) is 5.16 Å². The van der Waals surface area contributed by atoms with Crippen LogP contribution in [0.1, 0.15) is 30.0 Å². The van der Waals surface area contributed by atoms with Gasteiger partial charge in [-0.15, -0.1) is 0 Å². The van der Waals surface area contributed by atoms with Crippen molar-refractivity contribution >= 4 is 32.5 Å². The fraction of sp³-hybridized carbons (Fsp3) is 0.174. The number of rotatable bonds is 4. The lowest BCUT2D eigenvalue weighted by Gasteiger charge is -2.09. The van der Waals surface area contributed by atoms with Crippen molar-refractivity contribution in [3.63, 3.8) is 0 Å². The van der Waals surface area contributed by atoms with Crippen molar-refractivity contribution in [1.82, 2.24) is 0 Å². The molecule has 6 heteroatoms. The van der Waals surface area contributed by atoms with Crippen LogP contribution in [0.25, 0.3) is 5.57 Å². The topological polar surface area (TPSA) is 55.7 Å². The Morgan fingerprint density at radius 2 is 1.83 bits per heavy atom. The van der Waals surface area contributed by atoms with Crippen LogP contribution in [0.15, 0.2) is 75.6 Å². The molecule has 0 spiro atoms. The third-order valence-corrected chi connectivity index (χ3v) is 6.16. The van der Waals surface area contributed by atoms with Crippen LogP contribution in [0.2, 0.25) is 0 Å². The Labute approximate surface area is 176 Å². The van der Waals surface area contributed by atoms with Crippen LogP contribution in [0.4, 0.5) is 0 Å². The molecule has 0 N–H and O–H groups in total. The van der Waals surface area contributed by atoms with Gasteiger partial charge in [0.1, 0.15) is 9.94 Å². The van der Waals surface area contributed by atoms with Gasteiger partial charge in [0.2, 0.25) is 0 Å². The van der Waals surface area contributed by atoms with Crippen LogP contribution in [-0.4, -0.2) is 13.5 Å². The van der Waals surface area contributed by atoms with Gasteiger partial charge in [-0.25, -0.2) is 0 Å². The summed E-state index contributed by atoms with van der Waals surface area (Å²) in [5.41, 5.74) is 4.60. The number of thioether (sulfide) groups is 1. The Morgan fingerprint density at radius 1 is 1.10 bits per heavy atom. The molecule has 3 rings (SSSR count). The highest BCUT2D eigenvalue weighted by molar-refractivity contribution is 8.17. The average Bonchev–Trinajstić information content (AvgIpc) is 3.17. The number of oxime groups is 1. The van der Waals surface area contributed by atoms with E-state index >= 15 is 0 Å². The number of allylic oxidation sites excluding steroid dienone is 2. The summed E-state index contributed by atoms with van der Waals surface area (Å²) < 4.78 is 29.9. The normalized spacial score (nSPS) is 16.4. The molecular formula is C23H21NO3S2. The van der Waals surface area contributed by atoms with E-state index in [4.69, 9.17) is 4.28 Å². The van der Waals surface area contributed by atoms with Crippen LogP contribution >= 0.6 is 11.8 Å². The molecule has 1 heterocycles. The van der Waals surface area contributed by atoms with Gasteiger partial charge < -0.3 is 0 Å². The van der Waals surface area contributed by atoms with Gasteiger partial charge >= 0.3 is 10.1 Å². The number of aryl methyl sites for hydroxylation is 2. The molecule has 2 aromatic carbocycles. The minimum atomic E-state index is -3.99. The molecule has 4 nitrogen and oxygen atoms in total. The largest absolute Gasteiger partial charge is 0.358 e. The maximum atomic E-state index is 12.5. The first kappa shape index (κ1) is 21.0. The Kier molecular flexibility index (Phi) is 6.63. The Morgan fingerprint density at radius 3 is 2.52 bits per heavy atom. The predicted molar refractivity (Wildman–Crippen MR) is 120 cm³/mol. The monoisotopic (exact) mass is 423 g/mol. The van der Waals surface area contributed by atoms with Crippen LogP contribution < -0.4 is 0 Å². The van der Waals surface area contributed by atoms with Gasteiger partial charge in [0.05, 0.1) is 0 Å². The summed E-state index contributed by atoms with van der Waals surface area (Å²) in [4.78, 5) is 0.0684. The zero-order valence-electron chi connectivity index (χ0n) is 16.5. The lowest BCUT2D eigenvalue weighted by molar-refractivity contribution is 0.340. The van der Waals surface area contributed by atoms with E-state index in [1.807, 2.05) is 56.5 Å². The molecule has 0 saturated carbocycles. The van der Waals surface area contributed by atoms with Gasteiger partial charge in [0.15, 0.2) is 0 Å². The third-order valence-electron chi connectivity index (χ3n) is 4.25. The van der Waals surface area contributed by atoms with Crippen LogP contribution in [0.3, 0.4) is 0 Å². The molecule has 148 valence electrons. The Balaban J connectivity index is 2.01. The molecule has 1 aliphatic heterocycles. The summed E-state index contributed by atoms with van der Waals surface area (Å²) in [6.07, 6.45) is 2.60. The second kappa shape index (κ2) is 9.17. The summed E-state index contributed by atoms with van der Waals surface area (Å²) in [5, 5.41) is 6.27. The molecule has 1 aliphatic rings. The van der Waals surface area contributed by atoms with Crippen molar-refractivity contribution in [1.29, 1.82) is 0 Å². The summed E-state index contributed by atoms with van der Waals surface area (Å²) in [6, 6.07) is 14.4. The first-order valence-electron chi connectivity index (χ1n) is 9.13. The van der Waals surface area contributed by atoms with Gasteiger partial charge in [-0.05, 0) is 48.6 Å². The predicted octanol–water partition coefficient (Wildman–Crippen LogP) is 5.45. The maximum Gasteiger partial charge on any atom is 0.358 e. The van der Waals surface area contributed by atoms with Gasteiger partial charge in [0.25, 0.3) is 0 Å². The van der Waals surface area contributed by atoms with Gasteiger partial charge in [0, 0.05) is 17.6 Å². The van der Waals surface area contributed by atoms with E-state index in [0.717, 1.165) is 27.8 Å². The Bertz CT molecular complexity index is 1160. The first-order valence-corrected chi connectivity index (χ1v) is 11.4. The van der Waals surface area contributed by atoms with E-state index in [-0.39, 0.29) is 4.90 Å². The number of hydrogen-bond acceptors (Lipinski definition) is 5. The number of hydrogen-bond donors (Lipinski definition) is 0. The zero-order valence-corrected chi connectivity index (χ0v) is 18.1. The van der Waals surface area contributed by atoms with Crippen molar-refractivity contribution in [3.05, 3.63) is 82.3 Å². The molecule has 0 aliphatic carbocycles. The highest BCUT2D eigenvalue weighted by atomic mass is 32.2. The molecule has 2 aromatic rings. The molecular weight excluding hydrogens is 402 g/mol. The van der Waals surface area contributed by atoms with Crippen LogP contribution in [0.5, 0.6) is 0 Å². The van der Waals surface area contributed by atoms with Crippen molar-refractivity contribution in [3.8, 4) is 11.8 Å². The van der Waals surface area contributed by atoms with Crippen LogP contribution in [-0.2, 0) is 14.4 Å². The van der Waals surface area contributed by atoms with Crippen molar-refractivity contribution in [2.45, 2.75) is 32.1 Å². The van der Waals surface area contributed by atoms with Gasteiger partial charge in [-0.2, -0.15) is 8.42 Å². The summed E-state index contributed by atoms with van der Waals surface area (Å²) in [7, 11) is -3.99. The quantitative estimate of drug-likeness (QED) is 0.485. The van der Waals surface area contributed by atoms with Crippen molar-refractivity contribution < 1.29 is 12.7 Å². The van der Waals surface area contributed by atoms with E-state index < -0.39 is 10.1 Å². The molecule has 29 heavy (non-hydrogen) atoms. The molecule has 0 fully saturated rings. The SMILES string of the molecule is CCC#CC(=C1C=CSC1=NOS(=O)(=O)c1ccc(C)cc1)c1ccccc1C. The van der Waals surface area contributed by atoms with Gasteiger partial charge in [-0.3, -0.25) is 4.28 Å². The third kappa shape index (κ3) is 5.00. The summed E-state index contributed by atoms with van der Waals surface area (Å²) >= 11 is 1.31. The number of benzene rings is 2. The first-order chi connectivity index (χ1) is 13.9. The molecule has 0 saturated heterocycles. The highest BCUT2D eigenvalue weighted by Crippen LogP contribution is 2.32. The minimum Gasteiger partial charge on any atom is -0.264 e. The Hall–Kier alpha value is -2.75. The average molecular weight is 424 g/mol. The maximum absolute atomic E-state index is 12.5. The lowest BCUT2D eigenvalue weighted by atomic mass is 9.96. The minimum absolute atomic E-state index is 0.0684. The fourth-order valence-electron chi connectivity index (χ4n) is 2.70. The molecule has 0 bridgehead atoms. The highest BCUT2D eigenvalue weighted by Gasteiger charge is 2.21. The lowest BCUT2D eigenvalue weighted by Crippen LogP contribution is -2.05. The van der Waals surface area contributed by atoms with E-state index in [1.165, 1.54) is 23.9 Å². The van der Waals surface area contributed by atoms with Crippen LogP contribution in [0, 0.1) is 25.7 Å². The van der Waals surface area contributed by atoms with Gasteiger partial charge in [-0.1, -0.05) is 77.6 Å². The fourth-order valence-corrected chi connectivity index (χ4v) is 4.19. The van der Waals surface area contributed by atoms with Crippen molar-refractivity contribution in [2.75, 3.05) is 0 Å². The van der Waals surface area contributed by atoms with E-state index in [2.05, 4.69) is 17.0 Å². The summed E-state index contributed by atoms with van der Waals surface area (Å²) in [5.74, 6) is 6.32. The smallest absolute Gasteiger partial charge is 0.264 e. The zero-order chi connectivity index (χ0) is 20.9. The molecule has 0 atom stereocenters. The van der Waals surface area contributed by atoms with E-state index in [1.54, 1.807) is 12.1 Å². The molecule has 0 unspecified atom stereocenters. The van der Waals surface area contributed by atoms with E-state index in [9.17, 15) is 8.42 Å². The second-order valence-corrected chi connectivity index (χ2v) is 8.84. The molecule has 0 amide bonds.